The Balaban J connectivity index is 1.76. The molecule has 1 aliphatic carbocycles. The maximum atomic E-state index is 13.5. The zero-order valence-electron chi connectivity index (χ0n) is 15.0. The quantitative estimate of drug-likeness (QED) is 0.817. The van der Waals surface area contributed by atoms with Crippen LogP contribution in [0.15, 0.2) is 23.1 Å². The Hall–Kier alpha value is -1.31. The third-order valence-electron chi connectivity index (χ3n) is 5.49. The number of sulfonamides is 1. The second kappa shape index (κ2) is 6.45. The third kappa shape index (κ3) is 3.13. The lowest BCUT2D eigenvalue weighted by Crippen LogP contribution is -2.38. The van der Waals surface area contributed by atoms with E-state index >= 15 is 0 Å². The van der Waals surface area contributed by atoms with E-state index in [0.717, 1.165) is 44.5 Å². The van der Waals surface area contributed by atoms with Gasteiger partial charge in [0.2, 0.25) is 10.0 Å². The molecule has 2 heterocycles. The Morgan fingerprint density at radius 1 is 1.16 bits per heavy atom. The van der Waals surface area contributed by atoms with Crippen LogP contribution < -0.4 is 9.64 Å². The summed E-state index contributed by atoms with van der Waals surface area (Å²) in [6.45, 7) is 2.84. The molecule has 138 valence electrons. The van der Waals surface area contributed by atoms with Crippen molar-refractivity contribution in [1.82, 2.24) is 9.21 Å². The Labute approximate surface area is 150 Å². The first-order valence-electron chi connectivity index (χ1n) is 9.17. The van der Waals surface area contributed by atoms with Crippen molar-refractivity contribution in [3.05, 3.63) is 18.2 Å². The number of hydrogen-bond donors (Lipinski definition) is 0. The molecule has 1 saturated heterocycles. The number of benzene rings is 1. The fourth-order valence-electron chi connectivity index (χ4n) is 3.89. The molecule has 0 radical (unpaired) electrons. The van der Waals surface area contributed by atoms with Gasteiger partial charge in [-0.15, -0.1) is 0 Å². The minimum Gasteiger partial charge on any atom is -0.492 e. The summed E-state index contributed by atoms with van der Waals surface area (Å²) >= 11 is 0. The van der Waals surface area contributed by atoms with E-state index in [9.17, 15) is 8.42 Å². The first kappa shape index (κ1) is 17.1. The van der Waals surface area contributed by atoms with Crippen LogP contribution >= 0.6 is 0 Å². The van der Waals surface area contributed by atoms with Crippen molar-refractivity contribution >= 4 is 15.7 Å². The van der Waals surface area contributed by atoms with E-state index in [1.165, 1.54) is 0 Å². The van der Waals surface area contributed by atoms with Gasteiger partial charge in [-0.3, -0.25) is 0 Å². The molecular weight excluding hydrogens is 338 g/mol. The molecule has 2 fully saturated rings. The second-order valence-electron chi connectivity index (χ2n) is 7.51. The molecule has 25 heavy (non-hydrogen) atoms. The molecule has 1 aromatic carbocycles. The molecule has 0 unspecified atom stereocenters. The molecule has 4 rings (SSSR count). The minimum absolute atomic E-state index is 0.178. The van der Waals surface area contributed by atoms with Gasteiger partial charge in [-0.25, -0.2) is 8.42 Å². The van der Waals surface area contributed by atoms with Gasteiger partial charge in [0.25, 0.3) is 0 Å². The first-order valence-corrected chi connectivity index (χ1v) is 10.6. The van der Waals surface area contributed by atoms with Gasteiger partial charge in [0, 0.05) is 31.7 Å². The summed E-state index contributed by atoms with van der Waals surface area (Å²) in [6, 6.07) is 6.27. The van der Waals surface area contributed by atoms with Crippen molar-refractivity contribution < 1.29 is 13.2 Å². The number of hydrogen-bond acceptors (Lipinski definition) is 5. The molecule has 3 aliphatic rings. The zero-order valence-corrected chi connectivity index (χ0v) is 15.8. The minimum atomic E-state index is -3.53. The van der Waals surface area contributed by atoms with Crippen molar-refractivity contribution in [3.8, 4) is 5.75 Å². The molecule has 0 aromatic heterocycles. The average Bonchev–Trinajstić information content (AvgIpc) is 3.26. The fourth-order valence-corrected chi connectivity index (χ4v) is 5.94. The number of fused-ring (bicyclic) bond motifs is 1. The largest absolute Gasteiger partial charge is 0.492 e. The Morgan fingerprint density at radius 2 is 1.96 bits per heavy atom. The van der Waals surface area contributed by atoms with Crippen LogP contribution in [0.3, 0.4) is 0 Å². The number of ether oxygens (including phenoxy) is 1. The van der Waals surface area contributed by atoms with E-state index < -0.39 is 10.0 Å². The van der Waals surface area contributed by atoms with Gasteiger partial charge in [-0.05, 0) is 51.9 Å². The van der Waals surface area contributed by atoms with Gasteiger partial charge < -0.3 is 14.5 Å². The van der Waals surface area contributed by atoms with Crippen molar-refractivity contribution in [2.24, 2.45) is 0 Å². The van der Waals surface area contributed by atoms with Gasteiger partial charge in [-0.1, -0.05) is 6.07 Å². The average molecular weight is 365 g/mol. The van der Waals surface area contributed by atoms with Crippen LogP contribution in [0.2, 0.25) is 0 Å². The maximum Gasteiger partial charge on any atom is 0.249 e. The SMILES string of the molecule is CN(C)[C@@H]1CCN(c2cccc3c2S(=O)(=O)N(C2CC2)CCCO3)C1. The monoisotopic (exact) mass is 365 g/mol. The van der Waals surface area contributed by atoms with Crippen LogP contribution in [0.4, 0.5) is 5.69 Å². The van der Waals surface area contributed by atoms with Crippen molar-refractivity contribution in [2.45, 2.75) is 42.7 Å². The molecule has 7 heteroatoms. The van der Waals surface area contributed by atoms with E-state index in [-0.39, 0.29) is 6.04 Å². The topological polar surface area (TPSA) is 53.1 Å². The third-order valence-corrected chi connectivity index (χ3v) is 7.52. The summed E-state index contributed by atoms with van der Waals surface area (Å²) in [6.07, 6.45) is 3.74. The van der Waals surface area contributed by atoms with E-state index in [2.05, 4.69) is 23.9 Å². The molecule has 0 spiro atoms. The van der Waals surface area contributed by atoms with Gasteiger partial charge in [-0.2, -0.15) is 4.31 Å². The normalized spacial score (nSPS) is 26.8. The summed E-state index contributed by atoms with van der Waals surface area (Å²) < 4.78 is 34.5. The summed E-state index contributed by atoms with van der Waals surface area (Å²) in [5, 5.41) is 0. The van der Waals surface area contributed by atoms with Crippen LogP contribution in [0.5, 0.6) is 5.75 Å². The highest BCUT2D eigenvalue weighted by Gasteiger charge is 2.42. The number of nitrogens with zero attached hydrogens (tertiary/aromatic N) is 3. The van der Waals surface area contributed by atoms with Crippen LogP contribution in [-0.4, -0.2) is 70.0 Å². The fraction of sp³-hybridized carbons (Fsp3) is 0.667. The maximum absolute atomic E-state index is 13.5. The molecule has 1 atom stereocenters. The van der Waals surface area contributed by atoms with Crippen LogP contribution in [0.25, 0.3) is 0 Å². The summed E-state index contributed by atoms with van der Waals surface area (Å²) in [5.41, 5.74) is 0.800. The first-order chi connectivity index (χ1) is 12.0. The molecule has 2 aliphatic heterocycles. The van der Waals surface area contributed by atoms with E-state index in [4.69, 9.17) is 4.74 Å². The number of likely N-dealkylation sites (N-methyl/N-ethyl adjacent to an activating group) is 1. The predicted molar refractivity (Wildman–Crippen MR) is 97.8 cm³/mol. The smallest absolute Gasteiger partial charge is 0.249 e. The standard InChI is InChI=1S/C18H27N3O3S/c1-19(2)15-9-11-20(13-15)16-5-3-6-17-18(16)25(22,23)21(14-7-8-14)10-4-12-24-17/h3,5-6,14-15H,4,7-13H2,1-2H3/t15-/m1/s1. The zero-order chi connectivity index (χ0) is 17.6. The summed E-state index contributed by atoms with van der Waals surface area (Å²) in [4.78, 5) is 4.80. The van der Waals surface area contributed by atoms with Gasteiger partial charge in [0.05, 0.1) is 12.3 Å². The number of rotatable bonds is 3. The Morgan fingerprint density at radius 3 is 2.64 bits per heavy atom. The van der Waals surface area contributed by atoms with Crippen LogP contribution in [0, 0.1) is 0 Å². The second-order valence-corrected chi connectivity index (χ2v) is 9.33. The molecule has 0 amide bonds. The van der Waals surface area contributed by atoms with Crippen molar-refractivity contribution in [3.63, 3.8) is 0 Å². The van der Waals surface area contributed by atoms with E-state index in [0.29, 0.717) is 29.8 Å². The lowest BCUT2D eigenvalue weighted by Gasteiger charge is -2.30. The Kier molecular flexibility index (Phi) is 4.42. The highest BCUT2D eigenvalue weighted by molar-refractivity contribution is 7.89. The van der Waals surface area contributed by atoms with E-state index in [1.807, 2.05) is 12.1 Å². The summed E-state index contributed by atoms with van der Waals surface area (Å²) in [5.74, 6) is 0.510. The molecule has 0 bridgehead atoms. The van der Waals surface area contributed by atoms with Crippen molar-refractivity contribution in [2.75, 3.05) is 45.2 Å². The van der Waals surface area contributed by atoms with E-state index in [1.54, 1.807) is 10.4 Å². The molecular formula is C18H27N3O3S. The van der Waals surface area contributed by atoms with Gasteiger partial charge in [0.15, 0.2) is 0 Å². The van der Waals surface area contributed by atoms with Crippen molar-refractivity contribution in [1.29, 1.82) is 0 Å². The molecule has 1 saturated carbocycles. The highest BCUT2D eigenvalue weighted by Crippen LogP contribution is 2.42. The summed E-state index contributed by atoms with van der Waals surface area (Å²) in [7, 11) is 0.632. The Bertz CT molecular complexity index is 746. The molecule has 0 N–H and O–H groups in total. The lowest BCUT2D eigenvalue weighted by molar-refractivity contribution is 0.269. The van der Waals surface area contributed by atoms with Crippen LogP contribution in [-0.2, 0) is 10.0 Å². The number of anilines is 1. The van der Waals surface area contributed by atoms with Crippen LogP contribution in [0.1, 0.15) is 25.7 Å². The van der Waals surface area contributed by atoms with Gasteiger partial charge >= 0.3 is 0 Å². The van der Waals surface area contributed by atoms with Gasteiger partial charge in [0.1, 0.15) is 10.6 Å². The lowest BCUT2D eigenvalue weighted by atomic mass is 10.2. The predicted octanol–water partition coefficient (Wildman–Crippen LogP) is 1.76. The molecule has 1 aromatic rings. The highest BCUT2D eigenvalue weighted by atomic mass is 32.2. The molecule has 6 nitrogen and oxygen atoms in total.